The zero-order valence-electron chi connectivity index (χ0n) is 18.5. The van der Waals surface area contributed by atoms with E-state index in [9.17, 15) is 0 Å². The van der Waals surface area contributed by atoms with E-state index in [-0.39, 0.29) is 12.2 Å². The summed E-state index contributed by atoms with van der Waals surface area (Å²) < 4.78 is 16.6. The molecule has 3 nitrogen and oxygen atoms in total. The molecule has 0 fully saturated rings. The van der Waals surface area contributed by atoms with E-state index in [2.05, 4.69) is 116 Å². The molecule has 0 bridgehead atoms. The number of rotatable bonds is 19. The predicted octanol–water partition coefficient (Wildman–Crippen LogP) is 8.62. The molecule has 0 N–H and O–H groups in total. The minimum Gasteiger partial charge on any atom is -0.358 e. The third kappa shape index (κ3) is 23.8. The van der Waals surface area contributed by atoms with Crippen LogP contribution in [0.4, 0.5) is 0 Å². The minimum atomic E-state index is -0.425. The van der Waals surface area contributed by atoms with Crippen LogP contribution in [-0.2, 0) is 13.6 Å². The summed E-state index contributed by atoms with van der Waals surface area (Å²) in [5.41, 5.74) is 0. The highest BCUT2D eigenvalue weighted by Gasteiger charge is 2.00. The standard InChI is InChI=1S/C22H40O3P6/c1-2-16-21(24-26)17-12-9-7-5-3-4-6-8-10-13-18-22(25-30-27)19-14-11-15-20-23-31(28)29/h3-4,7-14,17-18,21-22,30H,2,5-6,15-16,19-20,26-29H2,1H3. The molecule has 0 aliphatic heterocycles. The Balaban J connectivity index is 4.06. The van der Waals surface area contributed by atoms with Crippen molar-refractivity contribution in [1.82, 2.24) is 0 Å². The summed E-state index contributed by atoms with van der Waals surface area (Å²) >= 11 is 0. The maximum atomic E-state index is 5.76. The molecular formula is C22H40O3P6. The average molecular weight is 538 g/mol. The van der Waals surface area contributed by atoms with Crippen molar-refractivity contribution < 1.29 is 13.6 Å². The van der Waals surface area contributed by atoms with Crippen LogP contribution < -0.4 is 0 Å². The van der Waals surface area contributed by atoms with Gasteiger partial charge in [0.25, 0.3) is 0 Å². The van der Waals surface area contributed by atoms with Gasteiger partial charge in [-0.3, -0.25) is 0 Å². The van der Waals surface area contributed by atoms with Gasteiger partial charge in [-0.1, -0.05) is 113 Å². The van der Waals surface area contributed by atoms with Gasteiger partial charge in [0.2, 0.25) is 0 Å². The summed E-state index contributed by atoms with van der Waals surface area (Å²) in [4.78, 5) is 0. The molecule has 0 radical (unpaired) electrons. The van der Waals surface area contributed by atoms with Crippen LogP contribution in [0, 0.1) is 0 Å². The fraction of sp³-hybridized carbons (Fsp3) is 0.455. The lowest BCUT2D eigenvalue weighted by atomic mass is 10.2. The third-order valence-corrected chi connectivity index (χ3v) is 6.46. The van der Waals surface area contributed by atoms with Crippen molar-refractivity contribution in [3.63, 3.8) is 0 Å². The van der Waals surface area contributed by atoms with Crippen LogP contribution in [0.3, 0.4) is 0 Å². The van der Waals surface area contributed by atoms with Crippen LogP contribution in [0.5, 0.6) is 0 Å². The van der Waals surface area contributed by atoms with E-state index < -0.39 is 7.53 Å². The molecule has 0 saturated heterocycles. The lowest BCUT2D eigenvalue weighted by molar-refractivity contribution is 0.279. The Kier molecular flexibility index (Phi) is 26.3. The molecular weight excluding hydrogens is 498 g/mol. The second-order valence-electron chi connectivity index (χ2n) is 6.50. The van der Waals surface area contributed by atoms with Gasteiger partial charge in [-0.2, -0.15) is 0 Å². The van der Waals surface area contributed by atoms with E-state index in [1.165, 1.54) is 0 Å². The molecule has 0 heterocycles. The first-order chi connectivity index (χ1) is 15.1. The zero-order chi connectivity index (χ0) is 23.0. The maximum absolute atomic E-state index is 5.76. The lowest BCUT2D eigenvalue weighted by Gasteiger charge is -2.09. The second-order valence-corrected chi connectivity index (χ2v) is 13.8. The SMILES string of the molecule is CCCC(C=CC=CCC=CCC=CC=CC(CC=CCCOP(P)P)OPP)OP. The molecule has 0 spiro atoms. The fourth-order valence-electron chi connectivity index (χ4n) is 2.36. The average Bonchev–Trinajstić information content (AvgIpc) is 2.75. The van der Waals surface area contributed by atoms with Crippen LogP contribution in [0.1, 0.15) is 45.4 Å². The van der Waals surface area contributed by atoms with Gasteiger partial charge in [-0.15, -0.1) is 0 Å². The summed E-state index contributed by atoms with van der Waals surface area (Å²) in [5.74, 6) is 0. The first kappa shape index (κ1) is 31.9. The first-order valence-corrected chi connectivity index (χ1v) is 18.2. The predicted molar refractivity (Wildman–Crippen MR) is 158 cm³/mol. The van der Waals surface area contributed by atoms with E-state index in [4.69, 9.17) is 13.6 Å². The Hall–Kier alpha value is 0.900. The molecule has 0 aromatic rings. The van der Waals surface area contributed by atoms with Gasteiger partial charge < -0.3 is 13.6 Å². The van der Waals surface area contributed by atoms with Crippen molar-refractivity contribution >= 4 is 52.3 Å². The number of allylic oxidation sites excluding steroid dienone is 8. The Morgan fingerprint density at radius 2 is 1.52 bits per heavy atom. The molecule has 0 aliphatic rings. The molecule has 0 aromatic heterocycles. The van der Waals surface area contributed by atoms with Crippen molar-refractivity contribution in [2.45, 2.75) is 57.7 Å². The summed E-state index contributed by atoms with van der Waals surface area (Å²) in [5, 5.41) is 0. The first-order valence-electron chi connectivity index (χ1n) is 10.5. The molecule has 0 amide bonds. The van der Waals surface area contributed by atoms with Crippen LogP contribution in [0.25, 0.3) is 0 Å². The summed E-state index contributed by atoms with van der Waals surface area (Å²) in [7, 11) is 10.3. The summed E-state index contributed by atoms with van der Waals surface area (Å²) in [6.45, 7) is 2.92. The molecule has 7 atom stereocenters. The zero-order valence-corrected chi connectivity index (χ0v) is 25.0. The van der Waals surface area contributed by atoms with Gasteiger partial charge in [-0.25, -0.2) is 0 Å². The quantitative estimate of drug-likeness (QED) is 0.0713. The number of hydrogen-bond acceptors (Lipinski definition) is 3. The normalized spacial score (nSPS) is 15.7. The molecule has 0 rings (SSSR count). The van der Waals surface area contributed by atoms with E-state index >= 15 is 0 Å². The van der Waals surface area contributed by atoms with Gasteiger partial charge >= 0.3 is 0 Å². The minimum absolute atomic E-state index is 0.112. The highest BCUT2D eigenvalue weighted by Crippen LogP contribution is 2.53. The Labute approximate surface area is 202 Å². The molecule has 0 aliphatic carbocycles. The van der Waals surface area contributed by atoms with Crippen molar-refractivity contribution in [1.29, 1.82) is 0 Å². The Morgan fingerprint density at radius 3 is 2.06 bits per heavy atom. The molecule has 9 heteroatoms. The van der Waals surface area contributed by atoms with E-state index in [1.54, 1.807) is 0 Å². The second kappa shape index (κ2) is 25.5. The molecule has 0 aromatic carbocycles. The fourth-order valence-corrected chi connectivity index (χ4v) is 4.41. The highest BCUT2D eigenvalue weighted by molar-refractivity contribution is 8.41. The van der Waals surface area contributed by atoms with Gasteiger partial charge in [0.1, 0.15) is 0 Å². The largest absolute Gasteiger partial charge is 0.358 e. The Bertz CT molecular complexity index is 574. The smallest absolute Gasteiger partial charge is 0.0836 e. The van der Waals surface area contributed by atoms with E-state index in [0.29, 0.717) is 8.50 Å². The van der Waals surface area contributed by atoms with Crippen molar-refractivity contribution in [2.75, 3.05) is 6.61 Å². The van der Waals surface area contributed by atoms with E-state index in [0.717, 1.165) is 45.1 Å². The van der Waals surface area contributed by atoms with Crippen LogP contribution in [0.15, 0.2) is 72.9 Å². The topological polar surface area (TPSA) is 27.7 Å². The van der Waals surface area contributed by atoms with Crippen molar-refractivity contribution in [3.05, 3.63) is 72.9 Å². The van der Waals surface area contributed by atoms with Crippen LogP contribution >= 0.6 is 52.3 Å². The van der Waals surface area contributed by atoms with Gasteiger partial charge in [0.15, 0.2) is 0 Å². The maximum Gasteiger partial charge on any atom is 0.0836 e. The Morgan fingerprint density at radius 1 is 0.871 bits per heavy atom. The summed E-state index contributed by atoms with van der Waals surface area (Å²) in [6.07, 6.45) is 31.6. The van der Waals surface area contributed by atoms with E-state index in [1.807, 2.05) is 0 Å². The van der Waals surface area contributed by atoms with Crippen molar-refractivity contribution in [3.8, 4) is 0 Å². The van der Waals surface area contributed by atoms with Crippen LogP contribution in [-0.4, -0.2) is 18.8 Å². The molecule has 7 unspecified atom stereocenters. The van der Waals surface area contributed by atoms with Gasteiger partial charge in [0.05, 0.1) is 26.3 Å². The summed E-state index contributed by atoms with van der Waals surface area (Å²) in [6, 6.07) is 0. The monoisotopic (exact) mass is 538 g/mol. The molecule has 0 saturated carbocycles. The van der Waals surface area contributed by atoms with Gasteiger partial charge in [-0.05, 0) is 32.1 Å². The lowest BCUT2D eigenvalue weighted by Crippen LogP contribution is -2.01. The highest BCUT2D eigenvalue weighted by atomic mass is 32.4. The van der Waals surface area contributed by atoms with Crippen molar-refractivity contribution in [2.24, 2.45) is 0 Å². The number of hydrogen-bond donors (Lipinski definition) is 0. The van der Waals surface area contributed by atoms with Gasteiger partial charge in [0, 0.05) is 18.0 Å². The third-order valence-electron chi connectivity index (χ3n) is 3.88. The molecule has 176 valence electrons. The van der Waals surface area contributed by atoms with Crippen LogP contribution in [0.2, 0.25) is 0 Å². The molecule has 31 heavy (non-hydrogen) atoms.